The van der Waals surface area contributed by atoms with Gasteiger partial charge in [-0.25, -0.2) is 9.97 Å². The number of nitrogens with zero attached hydrogens (tertiary/aromatic N) is 2. The van der Waals surface area contributed by atoms with E-state index in [1.807, 2.05) is 31.2 Å². The van der Waals surface area contributed by atoms with Crippen molar-refractivity contribution in [1.29, 1.82) is 0 Å². The quantitative estimate of drug-likeness (QED) is 0.571. The Kier molecular flexibility index (Phi) is 3.65. The van der Waals surface area contributed by atoms with Gasteiger partial charge in [0.25, 0.3) is 5.91 Å². The van der Waals surface area contributed by atoms with Gasteiger partial charge in [-0.3, -0.25) is 4.79 Å². The molecule has 2 aliphatic rings. The summed E-state index contributed by atoms with van der Waals surface area (Å²) in [5.41, 5.74) is 12.1. The van der Waals surface area contributed by atoms with Crippen molar-refractivity contribution in [2.45, 2.75) is 38.3 Å². The van der Waals surface area contributed by atoms with Crippen LogP contribution in [0.15, 0.2) is 24.3 Å². The summed E-state index contributed by atoms with van der Waals surface area (Å²) >= 11 is 0. The third kappa shape index (κ3) is 2.66. The topological polar surface area (TPSA) is 109 Å². The molecule has 5 N–H and O–H groups in total. The minimum atomic E-state index is -0.0257. The third-order valence-corrected chi connectivity index (χ3v) is 5.61. The van der Waals surface area contributed by atoms with Crippen molar-refractivity contribution in [1.82, 2.24) is 20.3 Å². The van der Waals surface area contributed by atoms with Gasteiger partial charge in [-0.15, -0.1) is 0 Å². The number of carbonyl (C=O) groups excluding carboxylic acids is 1. The predicted molar refractivity (Wildman–Crippen MR) is 105 cm³/mol. The second-order valence-electron chi connectivity index (χ2n) is 7.40. The van der Waals surface area contributed by atoms with Crippen molar-refractivity contribution in [3.05, 3.63) is 41.2 Å². The number of aryl methyl sites for hydroxylation is 1. The minimum absolute atomic E-state index is 0.0257. The Balaban J connectivity index is 1.61. The van der Waals surface area contributed by atoms with Gasteiger partial charge in [-0.2, -0.15) is 0 Å². The zero-order valence-corrected chi connectivity index (χ0v) is 15.2. The summed E-state index contributed by atoms with van der Waals surface area (Å²) in [4.78, 5) is 25.1. The lowest BCUT2D eigenvalue weighted by molar-refractivity contribution is 0.0946. The number of hydrogen-bond donors (Lipinski definition) is 4. The molecule has 2 aromatic heterocycles. The lowest BCUT2D eigenvalue weighted by Gasteiger charge is -2.34. The Hall–Kier alpha value is -2.93. The van der Waals surface area contributed by atoms with Gasteiger partial charge in [0.05, 0.1) is 16.8 Å². The normalized spacial score (nSPS) is 21.5. The van der Waals surface area contributed by atoms with E-state index in [1.165, 1.54) is 0 Å². The Labute approximate surface area is 156 Å². The van der Waals surface area contributed by atoms with E-state index in [2.05, 4.69) is 15.6 Å². The number of nitrogens with one attached hydrogen (secondary N) is 3. The fraction of sp³-hybridized carbons (Fsp3) is 0.350. The molecule has 1 amide bonds. The van der Waals surface area contributed by atoms with Crippen LogP contribution in [0.1, 0.15) is 34.6 Å². The fourth-order valence-electron chi connectivity index (χ4n) is 3.84. The van der Waals surface area contributed by atoms with E-state index in [4.69, 9.17) is 15.7 Å². The van der Waals surface area contributed by atoms with Crippen LogP contribution >= 0.6 is 0 Å². The highest BCUT2D eigenvalue weighted by atomic mass is 16.1. The van der Waals surface area contributed by atoms with Crippen LogP contribution in [0, 0.1) is 6.92 Å². The van der Waals surface area contributed by atoms with Gasteiger partial charge < -0.3 is 21.4 Å². The number of benzene rings is 1. The maximum atomic E-state index is 12.1. The number of para-hydroxylation sites is 1. The average Bonchev–Trinajstić information content (AvgIpc) is 3.10. The molecule has 3 heterocycles. The average molecular weight is 362 g/mol. The number of aromatic amines is 1. The fourth-order valence-corrected chi connectivity index (χ4v) is 3.84. The number of aromatic nitrogens is 3. The molecule has 0 radical (unpaired) electrons. The molecular formula is C20H22N6O. The molecular weight excluding hydrogens is 340 g/mol. The second kappa shape index (κ2) is 6.06. The van der Waals surface area contributed by atoms with E-state index in [1.54, 1.807) is 0 Å². The number of fused-ring (bicyclic) bond motifs is 2. The molecule has 1 aliphatic carbocycles. The van der Waals surface area contributed by atoms with Crippen molar-refractivity contribution >= 4 is 22.8 Å². The van der Waals surface area contributed by atoms with Gasteiger partial charge in [0.2, 0.25) is 0 Å². The first-order valence-corrected chi connectivity index (χ1v) is 9.40. The Morgan fingerprint density at radius 3 is 2.85 bits per heavy atom. The molecule has 5 rings (SSSR count). The van der Waals surface area contributed by atoms with Gasteiger partial charge in [0, 0.05) is 42.0 Å². The van der Waals surface area contributed by atoms with Crippen LogP contribution in [0.5, 0.6) is 0 Å². The van der Waals surface area contributed by atoms with Crippen molar-refractivity contribution in [3.63, 3.8) is 0 Å². The standard InChI is InChI=1S/C20H22N6O/c1-10-19(25-15-6-5-13(15)21)26-18-11(3-2-4-16(18)23-10)17-9-12-14(24-17)7-8-22-20(12)27/h2-4,9,13,15,24H,5-8,21H2,1H3,(H,22,27)(H,25,26)/t13-,15+/m1/s1. The van der Waals surface area contributed by atoms with Crippen LogP contribution in [-0.2, 0) is 6.42 Å². The number of amides is 1. The summed E-state index contributed by atoms with van der Waals surface area (Å²) in [6.07, 6.45) is 2.91. The lowest BCUT2D eigenvalue weighted by atomic mass is 9.87. The summed E-state index contributed by atoms with van der Waals surface area (Å²) in [6, 6.07) is 8.29. The van der Waals surface area contributed by atoms with Crippen molar-refractivity contribution in [2.75, 3.05) is 11.9 Å². The summed E-state index contributed by atoms with van der Waals surface area (Å²) < 4.78 is 0. The third-order valence-electron chi connectivity index (χ3n) is 5.61. The SMILES string of the molecule is Cc1nc2cccc(-c3cc4c([nH]3)CCNC4=O)c2nc1N[C@H]1CC[C@H]1N. The predicted octanol–water partition coefficient (Wildman–Crippen LogP) is 2.12. The number of anilines is 1. The van der Waals surface area contributed by atoms with Gasteiger partial charge in [0.15, 0.2) is 0 Å². The number of nitrogens with two attached hydrogens (primary N) is 1. The highest BCUT2D eigenvalue weighted by molar-refractivity contribution is 5.99. The van der Waals surface area contributed by atoms with Crippen molar-refractivity contribution < 1.29 is 4.79 Å². The maximum Gasteiger partial charge on any atom is 0.253 e. The lowest BCUT2D eigenvalue weighted by Crippen LogP contribution is -2.49. The monoisotopic (exact) mass is 362 g/mol. The maximum absolute atomic E-state index is 12.1. The summed E-state index contributed by atoms with van der Waals surface area (Å²) in [7, 11) is 0. The van der Waals surface area contributed by atoms with Crippen LogP contribution in [0.3, 0.4) is 0 Å². The summed E-state index contributed by atoms with van der Waals surface area (Å²) in [5, 5.41) is 6.34. The highest BCUT2D eigenvalue weighted by Crippen LogP contribution is 2.31. The zero-order chi connectivity index (χ0) is 18.5. The molecule has 1 aromatic carbocycles. The molecule has 2 atom stereocenters. The molecule has 138 valence electrons. The number of hydrogen-bond acceptors (Lipinski definition) is 5. The zero-order valence-electron chi connectivity index (χ0n) is 15.2. The Morgan fingerprint density at radius 2 is 2.11 bits per heavy atom. The first-order valence-electron chi connectivity index (χ1n) is 9.40. The molecule has 1 aliphatic heterocycles. The second-order valence-corrected chi connectivity index (χ2v) is 7.40. The van der Waals surface area contributed by atoms with Gasteiger partial charge in [-0.1, -0.05) is 12.1 Å². The van der Waals surface area contributed by atoms with E-state index in [9.17, 15) is 4.79 Å². The van der Waals surface area contributed by atoms with Gasteiger partial charge >= 0.3 is 0 Å². The first-order chi connectivity index (χ1) is 13.1. The van der Waals surface area contributed by atoms with Gasteiger partial charge in [0.1, 0.15) is 11.3 Å². The van der Waals surface area contributed by atoms with Crippen molar-refractivity contribution in [2.24, 2.45) is 5.73 Å². The largest absolute Gasteiger partial charge is 0.364 e. The summed E-state index contributed by atoms with van der Waals surface area (Å²) in [6.45, 7) is 2.62. The van der Waals surface area contributed by atoms with Gasteiger partial charge in [-0.05, 0) is 31.9 Å². The van der Waals surface area contributed by atoms with E-state index >= 15 is 0 Å². The summed E-state index contributed by atoms with van der Waals surface area (Å²) in [5.74, 6) is 0.756. The Bertz CT molecular complexity index is 1060. The molecule has 0 bridgehead atoms. The smallest absolute Gasteiger partial charge is 0.253 e. The van der Waals surface area contributed by atoms with E-state index in [0.717, 1.165) is 58.8 Å². The Morgan fingerprint density at radius 1 is 1.22 bits per heavy atom. The van der Waals surface area contributed by atoms with E-state index < -0.39 is 0 Å². The molecule has 7 heteroatoms. The van der Waals surface area contributed by atoms with Crippen LogP contribution in [0.4, 0.5) is 5.82 Å². The molecule has 0 unspecified atom stereocenters. The van der Waals surface area contributed by atoms with Crippen LogP contribution in [0.2, 0.25) is 0 Å². The number of carbonyl (C=O) groups is 1. The molecule has 7 nitrogen and oxygen atoms in total. The molecule has 1 saturated carbocycles. The molecule has 3 aromatic rings. The molecule has 27 heavy (non-hydrogen) atoms. The molecule has 1 fully saturated rings. The highest BCUT2D eigenvalue weighted by Gasteiger charge is 2.28. The van der Waals surface area contributed by atoms with Crippen LogP contribution in [-0.4, -0.2) is 39.5 Å². The number of H-pyrrole nitrogens is 1. The van der Waals surface area contributed by atoms with Crippen LogP contribution < -0.4 is 16.4 Å². The van der Waals surface area contributed by atoms with Crippen molar-refractivity contribution in [3.8, 4) is 11.3 Å². The minimum Gasteiger partial charge on any atom is -0.364 e. The van der Waals surface area contributed by atoms with Crippen LogP contribution in [0.25, 0.3) is 22.3 Å². The molecule has 0 saturated heterocycles. The molecule has 0 spiro atoms. The van der Waals surface area contributed by atoms with E-state index in [-0.39, 0.29) is 18.0 Å². The number of rotatable bonds is 3. The first kappa shape index (κ1) is 16.3. The van der Waals surface area contributed by atoms with E-state index in [0.29, 0.717) is 12.1 Å².